The lowest BCUT2D eigenvalue weighted by Crippen LogP contribution is -2.04. The minimum atomic E-state index is 0.0310. The van der Waals surface area contributed by atoms with Crippen LogP contribution >= 0.6 is 0 Å². The van der Waals surface area contributed by atoms with E-state index < -0.39 is 0 Å². The summed E-state index contributed by atoms with van der Waals surface area (Å²) in [5.41, 5.74) is 5.75. The molecule has 0 radical (unpaired) electrons. The molecule has 58 heavy (non-hydrogen) atoms. The van der Waals surface area contributed by atoms with Crippen molar-refractivity contribution in [2.75, 3.05) is 0 Å². The first-order chi connectivity index (χ1) is 28.4. The van der Waals surface area contributed by atoms with E-state index in [1.165, 1.54) is 0 Å². The molecule has 0 spiro atoms. The first-order valence-electron chi connectivity index (χ1n) is 19.1. The molecule has 10 heteroatoms. The van der Waals surface area contributed by atoms with E-state index in [1.54, 1.807) is 9.36 Å². The van der Waals surface area contributed by atoms with Gasteiger partial charge in [0.15, 0.2) is 0 Å². The monoisotopic (exact) mass is 758 g/mol. The number of benzene rings is 8. The molecular formula is C48H34N6O4. The average Bonchev–Trinajstić information content (AvgIpc) is 3.88. The Morgan fingerprint density at radius 2 is 0.672 bits per heavy atom. The zero-order chi connectivity index (χ0) is 39.1. The molecular weight excluding hydrogens is 725 g/mol. The van der Waals surface area contributed by atoms with Crippen molar-refractivity contribution < 1.29 is 20.4 Å². The number of hydrogen-bond donors (Lipinski definition) is 4. The van der Waals surface area contributed by atoms with Crippen LogP contribution < -0.4 is 0 Å². The Hall–Kier alpha value is -7.72. The highest BCUT2D eigenvalue weighted by Gasteiger charge is 2.25. The lowest BCUT2D eigenvalue weighted by atomic mass is 9.87. The minimum Gasteiger partial charge on any atom is -0.507 e. The molecule has 280 valence electrons. The van der Waals surface area contributed by atoms with Gasteiger partial charge >= 0.3 is 0 Å². The van der Waals surface area contributed by atoms with Crippen LogP contribution in [0.25, 0.3) is 65.3 Å². The van der Waals surface area contributed by atoms with Crippen LogP contribution in [0.5, 0.6) is 23.0 Å². The number of aromatic hydroxyl groups is 4. The van der Waals surface area contributed by atoms with Gasteiger partial charge in [-0.05, 0) is 67.4 Å². The Labute approximate surface area is 331 Å². The minimum absolute atomic E-state index is 0.0310. The van der Waals surface area contributed by atoms with Crippen molar-refractivity contribution in [1.82, 2.24) is 30.0 Å². The van der Waals surface area contributed by atoms with Crippen molar-refractivity contribution in [3.63, 3.8) is 0 Å². The van der Waals surface area contributed by atoms with E-state index in [9.17, 15) is 20.4 Å². The van der Waals surface area contributed by atoms with E-state index in [0.717, 1.165) is 43.1 Å². The third kappa shape index (κ3) is 5.33. The van der Waals surface area contributed by atoms with Crippen molar-refractivity contribution in [2.45, 2.75) is 25.9 Å². The van der Waals surface area contributed by atoms with Crippen molar-refractivity contribution in [3.8, 4) is 45.3 Å². The number of rotatable bonds is 0. The molecule has 3 heterocycles. The van der Waals surface area contributed by atoms with Gasteiger partial charge in [-0.3, -0.25) is 0 Å². The van der Waals surface area contributed by atoms with Crippen molar-refractivity contribution in [1.29, 1.82) is 0 Å². The van der Waals surface area contributed by atoms with E-state index in [2.05, 4.69) is 20.6 Å². The van der Waals surface area contributed by atoms with E-state index in [-0.39, 0.29) is 48.9 Å². The van der Waals surface area contributed by atoms with Gasteiger partial charge in [0.05, 0.1) is 24.5 Å². The number of hydrogen-bond acceptors (Lipinski definition) is 8. The molecule has 0 fully saturated rings. The van der Waals surface area contributed by atoms with Gasteiger partial charge in [0.2, 0.25) is 0 Å². The number of phenols is 4. The Balaban J connectivity index is 1.18. The van der Waals surface area contributed by atoms with Gasteiger partial charge in [0, 0.05) is 69.7 Å². The van der Waals surface area contributed by atoms with Crippen LogP contribution in [0, 0.1) is 0 Å². The Morgan fingerprint density at radius 3 is 1.02 bits per heavy atom. The molecule has 1 aliphatic rings. The summed E-state index contributed by atoms with van der Waals surface area (Å²) in [4.78, 5) is 0. The summed E-state index contributed by atoms with van der Waals surface area (Å²) in [6.07, 6.45) is 4.15. The lowest BCUT2D eigenvalue weighted by Gasteiger charge is -2.19. The maximum atomic E-state index is 12.3. The lowest BCUT2D eigenvalue weighted by molar-refractivity contribution is 0.458. The highest BCUT2D eigenvalue weighted by atomic mass is 16.3. The summed E-state index contributed by atoms with van der Waals surface area (Å²) in [5, 5.41) is 73.7. The fourth-order valence-electron chi connectivity index (χ4n) is 8.83. The molecule has 10 nitrogen and oxygen atoms in total. The van der Waals surface area contributed by atoms with Crippen molar-refractivity contribution in [2.24, 2.45) is 0 Å². The van der Waals surface area contributed by atoms with Gasteiger partial charge in [-0.2, -0.15) is 0 Å². The van der Waals surface area contributed by atoms with E-state index in [4.69, 9.17) is 0 Å². The largest absolute Gasteiger partial charge is 0.507 e. The maximum Gasteiger partial charge on any atom is 0.129 e. The summed E-state index contributed by atoms with van der Waals surface area (Å²) < 4.78 is 3.35. The fraction of sp³-hybridized carbons (Fsp3) is 0.0833. The SMILES string of the molecule is Oc1c2cc3ccccc3c1-c1c(O)c(cc3ccccc13)Cc1cn(nn1)Cc1cc3ccccc3c(c1O)-c1c(O)c(cc3ccccc13)Cn1cc(nn1)C2. The highest BCUT2D eigenvalue weighted by Crippen LogP contribution is 2.50. The predicted octanol–water partition coefficient (Wildman–Crippen LogP) is 9.23. The quantitative estimate of drug-likeness (QED) is 0.120. The molecule has 2 aromatic heterocycles. The van der Waals surface area contributed by atoms with Crippen LogP contribution in [0.15, 0.2) is 134 Å². The van der Waals surface area contributed by atoms with Crippen molar-refractivity contribution >= 4 is 43.1 Å². The molecule has 0 aliphatic carbocycles. The third-order valence-corrected chi connectivity index (χ3v) is 11.5. The second kappa shape index (κ2) is 12.9. The molecule has 0 atom stereocenters. The first kappa shape index (κ1) is 33.6. The Bertz CT molecular complexity index is 2880. The summed E-state index contributed by atoms with van der Waals surface area (Å²) in [7, 11) is 0. The molecule has 1 aliphatic heterocycles. The fourth-order valence-corrected chi connectivity index (χ4v) is 8.83. The maximum absolute atomic E-state index is 12.3. The number of phenolic OH excluding ortho intramolecular Hbond substituents is 4. The molecule has 0 saturated heterocycles. The molecule has 0 amide bonds. The summed E-state index contributed by atoms with van der Waals surface area (Å²) in [6, 6.07) is 39.1. The second-order valence-electron chi connectivity index (χ2n) is 15.1. The van der Waals surface area contributed by atoms with Gasteiger partial charge in [0.1, 0.15) is 23.0 Å². The van der Waals surface area contributed by atoms with Crippen LogP contribution in [0.2, 0.25) is 0 Å². The molecule has 10 aromatic rings. The predicted molar refractivity (Wildman–Crippen MR) is 224 cm³/mol. The van der Waals surface area contributed by atoms with Crippen LogP contribution in [0.1, 0.15) is 33.6 Å². The third-order valence-electron chi connectivity index (χ3n) is 11.5. The Kier molecular flexibility index (Phi) is 7.49. The topological polar surface area (TPSA) is 142 Å². The van der Waals surface area contributed by atoms with Crippen molar-refractivity contribution in [3.05, 3.63) is 167 Å². The molecule has 0 saturated carbocycles. The van der Waals surface area contributed by atoms with Crippen LogP contribution in [0.3, 0.4) is 0 Å². The first-order valence-corrected chi connectivity index (χ1v) is 19.1. The zero-order valence-electron chi connectivity index (χ0n) is 31.0. The van der Waals surface area contributed by atoms with Crippen LogP contribution in [0.4, 0.5) is 0 Å². The summed E-state index contributed by atoms with van der Waals surface area (Å²) >= 11 is 0. The van der Waals surface area contributed by atoms with Gasteiger partial charge in [0.25, 0.3) is 0 Å². The number of fused-ring (bicyclic) bond motifs is 22. The Morgan fingerprint density at radius 1 is 0.379 bits per heavy atom. The van der Waals surface area contributed by atoms with E-state index in [1.807, 2.05) is 134 Å². The molecule has 4 N–H and O–H groups in total. The summed E-state index contributed by atoms with van der Waals surface area (Å²) in [5.74, 6) is 0.153. The smallest absolute Gasteiger partial charge is 0.129 e. The second-order valence-corrected chi connectivity index (χ2v) is 15.1. The van der Waals surface area contributed by atoms with Crippen LogP contribution in [-0.2, 0) is 25.9 Å². The summed E-state index contributed by atoms with van der Waals surface area (Å²) in [6.45, 7) is 0.386. The van der Waals surface area contributed by atoms with E-state index >= 15 is 0 Å². The van der Waals surface area contributed by atoms with Gasteiger partial charge in [-0.25, -0.2) is 9.36 Å². The van der Waals surface area contributed by atoms with Crippen LogP contribution in [-0.4, -0.2) is 50.4 Å². The zero-order valence-corrected chi connectivity index (χ0v) is 31.0. The van der Waals surface area contributed by atoms with E-state index in [0.29, 0.717) is 55.9 Å². The highest BCUT2D eigenvalue weighted by molar-refractivity contribution is 6.12. The molecule has 12 bridgehead atoms. The number of nitrogens with zero attached hydrogens (tertiary/aromatic N) is 6. The van der Waals surface area contributed by atoms with Gasteiger partial charge in [-0.15, -0.1) is 10.2 Å². The molecule has 11 rings (SSSR count). The normalized spacial score (nSPS) is 12.8. The van der Waals surface area contributed by atoms with Gasteiger partial charge in [-0.1, -0.05) is 107 Å². The standard InChI is InChI=1S/C48H34N6O4/c55-45-31-17-27-9-1-5-13-37(27)41(45)42-38-14-6-2-10-28(38)18-32(46(42)56)22-36-26-54(52-50-36)24-34-20-30-12-4-8-16-40(30)44(48(34)58)43-39-15-7-3-11-29(39)19-33(47(43)57)23-53-25-35(21-31)49-51-53/h1-20,25-26,55-58H,21-24H2. The number of aromatic nitrogens is 6. The molecule has 0 unspecified atom stereocenters. The molecule has 8 aromatic carbocycles. The average molecular weight is 759 g/mol. The van der Waals surface area contributed by atoms with Gasteiger partial charge < -0.3 is 20.4 Å².